The quantitative estimate of drug-likeness (QED) is 0.703. The molecule has 0 amide bonds. The molecule has 1 unspecified atom stereocenters. The minimum Gasteiger partial charge on any atom is -0.480 e. The van der Waals surface area contributed by atoms with E-state index in [4.69, 9.17) is 0 Å². The summed E-state index contributed by atoms with van der Waals surface area (Å²) in [6.07, 6.45) is 2.25. The van der Waals surface area contributed by atoms with Gasteiger partial charge in [0.1, 0.15) is 5.54 Å². The summed E-state index contributed by atoms with van der Waals surface area (Å²) in [5.41, 5.74) is -0.750. The number of hydrogen-bond acceptors (Lipinski definition) is 4. The second kappa shape index (κ2) is 7.96. The van der Waals surface area contributed by atoms with Gasteiger partial charge >= 0.3 is 5.97 Å². The van der Waals surface area contributed by atoms with Crippen LogP contribution in [0.1, 0.15) is 40.0 Å². The molecular formula is C15H31N3O2. The molecule has 0 aromatic carbocycles. The average Bonchev–Trinajstić information content (AvgIpc) is 2.44. The van der Waals surface area contributed by atoms with Crippen LogP contribution in [-0.2, 0) is 4.79 Å². The van der Waals surface area contributed by atoms with Crippen molar-refractivity contribution in [2.75, 3.05) is 39.8 Å². The lowest BCUT2D eigenvalue weighted by Crippen LogP contribution is -2.51. The molecule has 0 spiro atoms. The first-order valence-corrected chi connectivity index (χ1v) is 7.84. The summed E-state index contributed by atoms with van der Waals surface area (Å²) >= 11 is 0. The Hall–Kier alpha value is -0.650. The zero-order valence-electron chi connectivity index (χ0n) is 13.5. The van der Waals surface area contributed by atoms with Crippen LogP contribution in [0.15, 0.2) is 0 Å². The number of nitrogens with one attached hydrogen (secondary N) is 1. The lowest BCUT2D eigenvalue weighted by atomic mass is 9.90. The van der Waals surface area contributed by atoms with Crippen LogP contribution in [0.2, 0.25) is 0 Å². The Balaban J connectivity index is 2.33. The zero-order chi connectivity index (χ0) is 15.2. The van der Waals surface area contributed by atoms with E-state index in [2.05, 4.69) is 29.0 Å². The van der Waals surface area contributed by atoms with Gasteiger partial charge in [-0.15, -0.1) is 0 Å². The van der Waals surface area contributed by atoms with E-state index in [9.17, 15) is 9.90 Å². The maximum atomic E-state index is 11.4. The first-order valence-electron chi connectivity index (χ1n) is 7.84. The highest BCUT2D eigenvalue weighted by molar-refractivity contribution is 5.78. The van der Waals surface area contributed by atoms with Crippen LogP contribution in [-0.4, -0.2) is 72.2 Å². The molecule has 0 bridgehead atoms. The Morgan fingerprint density at radius 2 is 1.90 bits per heavy atom. The van der Waals surface area contributed by atoms with Gasteiger partial charge in [0.2, 0.25) is 0 Å². The van der Waals surface area contributed by atoms with Crippen molar-refractivity contribution in [3.05, 3.63) is 0 Å². The number of nitrogens with zero attached hydrogens (tertiary/aromatic N) is 2. The third-order valence-electron chi connectivity index (χ3n) is 4.71. The van der Waals surface area contributed by atoms with Crippen LogP contribution in [0.5, 0.6) is 0 Å². The van der Waals surface area contributed by atoms with Crippen LogP contribution in [0.4, 0.5) is 0 Å². The molecular weight excluding hydrogens is 254 g/mol. The van der Waals surface area contributed by atoms with E-state index in [1.54, 1.807) is 7.05 Å². The van der Waals surface area contributed by atoms with Crippen molar-refractivity contribution >= 4 is 5.97 Å². The van der Waals surface area contributed by atoms with Crippen LogP contribution in [0.25, 0.3) is 0 Å². The summed E-state index contributed by atoms with van der Waals surface area (Å²) in [4.78, 5) is 16.4. The smallest absolute Gasteiger partial charge is 0.323 e. The van der Waals surface area contributed by atoms with Gasteiger partial charge in [-0.3, -0.25) is 9.69 Å². The van der Waals surface area contributed by atoms with Crippen LogP contribution in [0, 0.1) is 0 Å². The highest BCUT2D eigenvalue weighted by Gasteiger charge is 2.34. The molecule has 2 N–H and O–H groups in total. The van der Waals surface area contributed by atoms with E-state index in [0.717, 1.165) is 39.1 Å². The molecule has 1 aliphatic rings. The third-order valence-corrected chi connectivity index (χ3v) is 4.71. The number of likely N-dealkylation sites (N-methyl/N-ethyl adjacent to an activating group) is 1. The number of carboxylic acids is 1. The lowest BCUT2D eigenvalue weighted by Gasteiger charge is -2.37. The number of piperazine rings is 1. The van der Waals surface area contributed by atoms with Gasteiger partial charge in [0.05, 0.1) is 0 Å². The van der Waals surface area contributed by atoms with Gasteiger partial charge < -0.3 is 15.3 Å². The van der Waals surface area contributed by atoms with Gasteiger partial charge in [-0.2, -0.15) is 0 Å². The highest BCUT2D eigenvalue weighted by Crippen LogP contribution is 2.18. The zero-order valence-corrected chi connectivity index (χ0v) is 13.5. The fourth-order valence-electron chi connectivity index (χ4n) is 2.95. The molecule has 0 aromatic rings. The van der Waals surface area contributed by atoms with Crippen LogP contribution >= 0.6 is 0 Å². The molecule has 5 nitrogen and oxygen atoms in total. The molecule has 0 aromatic heterocycles. The van der Waals surface area contributed by atoms with E-state index in [1.165, 1.54) is 0 Å². The van der Waals surface area contributed by atoms with Crippen molar-refractivity contribution in [1.82, 2.24) is 15.1 Å². The fraction of sp³-hybridized carbons (Fsp3) is 0.933. The standard InChI is InChI=1S/C15H31N3O2/c1-5-15(16-4,14(19)20)7-6-8-17-9-11-18(12-10-17)13(2)3/h13,16H,5-12H2,1-4H3,(H,19,20). The minimum absolute atomic E-state index is 0.625. The molecule has 1 fully saturated rings. The maximum Gasteiger partial charge on any atom is 0.323 e. The lowest BCUT2D eigenvalue weighted by molar-refractivity contribution is -0.145. The third kappa shape index (κ3) is 4.43. The SMILES string of the molecule is CCC(CCCN1CCN(C(C)C)CC1)(NC)C(=O)O. The largest absolute Gasteiger partial charge is 0.480 e. The molecule has 118 valence electrons. The second-order valence-corrected chi connectivity index (χ2v) is 6.07. The van der Waals surface area contributed by atoms with E-state index in [1.807, 2.05) is 6.92 Å². The van der Waals surface area contributed by atoms with Crippen LogP contribution in [0.3, 0.4) is 0 Å². The van der Waals surface area contributed by atoms with Gasteiger partial charge in [0, 0.05) is 32.2 Å². The van der Waals surface area contributed by atoms with E-state index in [-0.39, 0.29) is 0 Å². The molecule has 1 atom stereocenters. The number of carboxylic acid groups (broad SMARTS) is 1. The number of carbonyl (C=O) groups is 1. The molecule has 0 aliphatic carbocycles. The van der Waals surface area contributed by atoms with E-state index in [0.29, 0.717) is 18.9 Å². The molecule has 0 saturated carbocycles. The van der Waals surface area contributed by atoms with Crippen molar-refractivity contribution < 1.29 is 9.90 Å². The first-order chi connectivity index (χ1) is 9.45. The monoisotopic (exact) mass is 285 g/mol. The molecule has 1 saturated heterocycles. The molecule has 20 heavy (non-hydrogen) atoms. The predicted octanol–water partition coefficient (Wildman–Crippen LogP) is 1.25. The van der Waals surface area contributed by atoms with Gasteiger partial charge in [0.25, 0.3) is 0 Å². The topological polar surface area (TPSA) is 55.8 Å². The summed E-state index contributed by atoms with van der Waals surface area (Å²) in [5, 5.41) is 12.4. The van der Waals surface area contributed by atoms with Gasteiger partial charge in [0.15, 0.2) is 0 Å². The number of hydrogen-bond donors (Lipinski definition) is 2. The molecule has 1 aliphatic heterocycles. The summed E-state index contributed by atoms with van der Waals surface area (Å²) in [5.74, 6) is -0.730. The van der Waals surface area contributed by atoms with Gasteiger partial charge in [-0.25, -0.2) is 0 Å². The van der Waals surface area contributed by atoms with Gasteiger partial charge in [-0.05, 0) is 46.7 Å². The number of aliphatic carboxylic acids is 1. The average molecular weight is 285 g/mol. The Morgan fingerprint density at radius 3 is 2.30 bits per heavy atom. The maximum absolute atomic E-state index is 11.4. The first kappa shape index (κ1) is 17.4. The molecule has 1 heterocycles. The van der Waals surface area contributed by atoms with Crippen molar-refractivity contribution in [2.24, 2.45) is 0 Å². The molecule has 5 heteroatoms. The minimum atomic E-state index is -0.750. The van der Waals surface area contributed by atoms with E-state index < -0.39 is 11.5 Å². The highest BCUT2D eigenvalue weighted by atomic mass is 16.4. The normalized spacial score (nSPS) is 21.1. The summed E-state index contributed by atoms with van der Waals surface area (Å²) in [7, 11) is 1.75. The van der Waals surface area contributed by atoms with Crippen LogP contribution < -0.4 is 5.32 Å². The summed E-state index contributed by atoms with van der Waals surface area (Å²) < 4.78 is 0. The Morgan fingerprint density at radius 1 is 1.30 bits per heavy atom. The van der Waals surface area contributed by atoms with Crippen molar-refractivity contribution in [1.29, 1.82) is 0 Å². The van der Waals surface area contributed by atoms with Crippen molar-refractivity contribution in [3.8, 4) is 0 Å². The summed E-state index contributed by atoms with van der Waals surface area (Å²) in [6.45, 7) is 11.9. The molecule has 0 radical (unpaired) electrons. The van der Waals surface area contributed by atoms with Crippen molar-refractivity contribution in [3.63, 3.8) is 0 Å². The second-order valence-electron chi connectivity index (χ2n) is 6.07. The Bertz CT molecular complexity index is 295. The number of rotatable bonds is 8. The van der Waals surface area contributed by atoms with Gasteiger partial charge in [-0.1, -0.05) is 6.92 Å². The Kier molecular flexibility index (Phi) is 6.92. The Labute approximate surface area is 123 Å². The fourth-order valence-corrected chi connectivity index (χ4v) is 2.95. The molecule has 1 rings (SSSR count). The predicted molar refractivity (Wildman–Crippen MR) is 82.1 cm³/mol. The summed E-state index contributed by atoms with van der Waals surface area (Å²) in [6, 6.07) is 0.626. The van der Waals surface area contributed by atoms with Crippen molar-refractivity contribution in [2.45, 2.75) is 51.6 Å². The van der Waals surface area contributed by atoms with E-state index >= 15 is 0 Å².